The smallest absolute Gasteiger partial charge is 0.0645 e. The highest BCUT2D eigenvalue weighted by Crippen LogP contribution is 2.19. The number of hydrogen-bond acceptors (Lipinski definition) is 4. The second-order valence-electron chi connectivity index (χ2n) is 7.97. The minimum Gasteiger partial charge on any atom is -0.396 e. The van der Waals surface area contributed by atoms with Crippen LogP contribution >= 0.6 is 0 Å². The summed E-state index contributed by atoms with van der Waals surface area (Å²) in [4.78, 5) is 5.03. The summed E-state index contributed by atoms with van der Waals surface area (Å²) < 4.78 is 1.88. The van der Waals surface area contributed by atoms with E-state index in [1.165, 1.54) is 16.7 Å². The van der Waals surface area contributed by atoms with E-state index in [9.17, 15) is 5.11 Å². The van der Waals surface area contributed by atoms with Crippen molar-refractivity contribution in [1.29, 1.82) is 0 Å². The van der Waals surface area contributed by atoms with Gasteiger partial charge in [0.2, 0.25) is 0 Å². The van der Waals surface area contributed by atoms with Crippen LogP contribution in [0.2, 0.25) is 0 Å². The predicted octanol–water partition coefficient (Wildman–Crippen LogP) is 3.25. The third kappa shape index (κ3) is 5.12. The molecule has 1 saturated heterocycles. The maximum Gasteiger partial charge on any atom is 0.0645 e. The van der Waals surface area contributed by atoms with Crippen LogP contribution in [0.25, 0.3) is 5.69 Å². The molecule has 3 aromatic rings. The van der Waals surface area contributed by atoms with Crippen LogP contribution in [-0.2, 0) is 13.1 Å². The molecule has 1 aliphatic heterocycles. The first-order chi connectivity index (χ1) is 14.2. The first-order valence-electron chi connectivity index (χ1n) is 10.4. The van der Waals surface area contributed by atoms with Crippen LogP contribution in [0, 0.1) is 6.92 Å². The molecule has 0 unspecified atom stereocenters. The molecule has 1 N–H and O–H groups in total. The van der Waals surface area contributed by atoms with E-state index < -0.39 is 0 Å². The Kier molecular flexibility index (Phi) is 6.39. The molecule has 4 rings (SSSR count). The zero-order valence-electron chi connectivity index (χ0n) is 17.1. The average Bonchev–Trinajstić information content (AvgIpc) is 3.27. The predicted molar refractivity (Wildman–Crippen MR) is 116 cm³/mol. The normalized spacial score (nSPS) is 18.2. The van der Waals surface area contributed by atoms with Crippen LogP contribution in [0.15, 0.2) is 67.0 Å². The molecule has 152 valence electrons. The van der Waals surface area contributed by atoms with Crippen LogP contribution in [-0.4, -0.2) is 57.0 Å². The molecule has 0 amide bonds. The van der Waals surface area contributed by atoms with E-state index in [1.54, 1.807) is 6.20 Å². The molecule has 1 fully saturated rings. The van der Waals surface area contributed by atoms with E-state index in [1.807, 2.05) is 16.9 Å². The number of rotatable bonds is 7. The second kappa shape index (κ2) is 9.35. The molecule has 0 radical (unpaired) electrons. The number of aryl methyl sites for hydroxylation is 1. The summed E-state index contributed by atoms with van der Waals surface area (Å²) in [6.07, 6.45) is 4.58. The maximum absolute atomic E-state index is 9.58. The van der Waals surface area contributed by atoms with Crippen LogP contribution in [0.4, 0.5) is 0 Å². The quantitative estimate of drug-likeness (QED) is 0.673. The molecule has 5 nitrogen and oxygen atoms in total. The number of nitrogens with zero attached hydrogens (tertiary/aromatic N) is 4. The number of hydrogen-bond donors (Lipinski definition) is 1. The molecular weight excluding hydrogens is 360 g/mol. The van der Waals surface area contributed by atoms with E-state index >= 15 is 0 Å². The number of aromatic nitrogens is 2. The van der Waals surface area contributed by atoms with Crippen LogP contribution < -0.4 is 0 Å². The van der Waals surface area contributed by atoms with E-state index in [-0.39, 0.29) is 6.61 Å². The molecule has 0 bridgehead atoms. The first-order valence-corrected chi connectivity index (χ1v) is 10.4. The van der Waals surface area contributed by atoms with Gasteiger partial charge in [0.25, 0.3) is 0 Å². The Morgan fingerprint density at radius 2 is 1.69 bits per heavy atom. The summed E-state index contributed by atoms with van der Waals surface area (Å²) in [6.45, 7) is 7.34. The molecule has 1 aliphatic rings. The van der Waals surface area contributed by atoms with Gasteiger partial charge in [0.05, 0.1) is 5.69 Å². The molecule has 0 saturated carbocycles. The van der Waals surface area contributed by atoms with Crippen molar-refractivity contribution < 1.29 is 5.11 Å². The Hall–Kier alpha value is -2.47. The fraction of sp³-hybridized carbons (Fsp3) is 0.375. The standard InChI is InChI=1S/C24H30N4O/c1-20-3-5-22(6-4-20)18-27-15-14-26(19-24(27)11-16-29)17-21-7-9-23(10-8-21)28-13-2-12-25-28/h2-10,12-13,24,29H,11,14-19H2,1H3/t24-/m1/s1. The third-order valence-electron chi connectivity index (χ3n) is 5.77. The summed E-state index contributed by atoms with van der Waals surface area (Å²) in [5.41, 5.74) is 5.04. The van der Waals surface area contributed by atoms with Gasteiger partial charge in [0, 0.05) is 57.8 Å². The molecule has 1 aromatic heterocycles. The zero-order chi connectivity index (χ0) is 20.1. The number of benzene rings is 2. The summed E-state index contributed by atoms with van der Waals surface area (Å²) in [5, 5.41) is 13.9. The molecule has 0 spiro atoms. The summed E-state index contributed by atoms with van der Waals surface area (Å²) in [6, 6.07) is 19.8. The Morgan fingerprint density at radius 3 is 2.38 bits per heavy atom. The Labute approximate surface area is 173 Å². The molecule has 2 aromatic carbocycles. The zero-order valence-corrected chi connectivity index (χ0v) is 17.1. The van der Waals surface area contributed by atoms with Gasteiger partial charge < -0.3 is 5.11 Å². The minimum atomic E-state index is 0.238. The topological polar surface area (TPSA) is 44.5 Å². The lowest BCUT2D eigenvalue weighted by atomic mass is 10.1. The molecule has 2 heterocycles. The van der Waals surface area contributed by atoms with Crippen LogP contribution in [0.5, 0.6) is 0 Å². The lowest BCUT2D eigenvalue weighted by Gasteiger charge is -2.41. The highest BCUT2D eigenvalue weighted by atomic mass is 16.3. The van der Waals surface area contributed by atoms with E-state index in [4.69, 9.17) is 0 Å². The molecular formula is C24H30N4O. The van der Waals surface area contributed by atoms with Crippen molar-refractivity contribution in [3.63, 3.8) is 0 Å². The Morgan fingerprint density at radius 1 is 0.966 bits per heavy atom. The van der Waals surface area contributed by atoms with Crippen molar-refractivity contribution in [2.45, 2.75) is 32.5 Å². The second-order valence-corrected chi connectivity index (χ2v) is 7.97. The molecule has 1 atom stereocenters. The van der Waals surface area contributed by atoms with Gasteiger partial charge in [-0.05, 0) is 42.7 Å². The van der Waals surface area contributed by atoms with E-state index in [0.717, 1.165) is 44.8 Å². The van der Waals surface area contributed by atoms with Gasteiger partial charge in [-0.25, -0.2) is 4.68 Å². The number of aliphatic hydroxyl groups excluding tert-OH is 1. The number of aliphatic hydroxyl groups is 1. The van der Waals surface area contributed by atoms with E-state index in [0.29, 0.717) is 6.04 Å². The van der Waals surface area contributed by atoms with Crippen molar-refractivity contribution in [3.05, 3.63) is 83.7 Å². The van der Waals surface area contributed by atoms with Gasteiger partial charge >= 0.3 is 0 Å². The molecule has 0 aliphatic carbocycles. The maximum atomic E-state index is 9.58. The lowest BCUT2D eigenvalue weighted by molar-refractivity contribution is 0.0500. The van der Waals surface area contributed by atoms with Crippen molar-refractivity contribution in [2.75, 3.05) is 26.2 Å². The lowest BCUT2D eigenvalue weighted by Crippen LogP contribution is -2.52. The Bertz CT molecular complexity index is 874. The third-order valence-corrected chi connectivity index (χ3v) is 5.77. The van der Waals surface area contributed by atoms with Crippen molar-refractivity contribution >= 4 is 0 Å². The van der Waals surface area contributed by atoms with Gasteiger partial charge in [-0.2, -0.15) is 5.10 Å². The SMILES string of the molecule is Cc1ccc(CN2CCN(Cc3ccc(-n4cccn4)cc3)C[C@H]2CCO)cc1. The van der Waals surface area contributed by atoms with Crippen LogP contribution in [0.3, 0.4) is 0 Å². The summed E-state index contributed by atoms with van der Waals surface area (Å²) in [7, 11) is 0. The van der Waals surface area contributed by atoms with Gasteiger partial charge in [-0.1, -0.05) is 42.0 Å². The highest BCUT2D eigenvalue weighted by molar-refractivity contribution is 5.33. The van der Waals surface area contributed by atoms with Gasteiger partial charge in [-0.15, -0.1) is 0 Å². The van der Waals surface area contributed by atoms with Crippen molar-refractivity contribution in [1.82, 2.24) is 19.6 Å². The Balaban J connectivity index is 1.37. The largest absolute Gasteiger partial charge is 0.396 e. The molecule has 29 heavy (non-hydrogen) atoms. The monoisotopic (exact) mass is 390 g/mol. The number of piperazine rings is 1. The average molecular weight is 391 g/mol. The van der Waals surface area contributed by atoms with Gasteiger partial charge in [0.15, 0.2) is 0 Å². The van der Waals surface area contributed by atoms with Crippen LogP contribution in [0.1, 0.15) is 23.1 Å². The van der Waals surface area contributed by atoms with Crippen molar-refractivity contribution in [3.8, 4) is 5.69 Å². The summed E-state index contributed by atoms with van der Waals surface area (Å²) in [5.74, 6) is 0. The minimum absolute atomic E-state index is 0.238. The first kappa shape index (κ1) is 19.8. The fourth-order valence-corrected chi connectivity index (χ4v) is 4.09. The van der Waals surface area contributed by atoms with E-state index in [2.05, 4.69) is 70.4 Å². The fourth-order valence-electron chi connectivity index (χ4n) is 4.09. The van der Waals surface area contributed by atoms with Gasteiger partial charge in [0.1, 0.15) is 0 Å². The van der Waals surface area contributed by atoms with Crippen molar-refractivity contribution in [2.24, 2.45) is 0 Å². The van der Waals surface area contributed by atoms with Gasteiger partial charge in [-0.3, -0.25) is 9.80 Å². The highest BCUT2D eigenvalue weighted by Gasteiger charge is 2.26. The molecule has 5 heteroatoms. The summed E-state index contributed by atoms with van der Waals surface area (Å²) >= 11 is 0.